The lowest BCUT2D eigenvalue weighted by Gasteiger charge is -2.11. The summed E-state index contributed by atoms with van der Waals surface area (Å²) in [5.74, 6) is 0.0639. The Hall–Kier alpha value is -1.82. The van der Waals surface area contributed by atoms with Crippen LogP contribution in [0.4, 0.5) is 0 Å². The quantitative estimate of drug-likeness (QED) is 0.797. The predicted molar refractivity (Wildman–Crippen MR) is 82.7 cm³/mol. The minimum atomic E-state index is -0.845. The van der Waals surface area contributed by atoms with E-state index in [1.165, 1.54) is 22.9 Å². The average Bonchev–Trinajstić information content (AvgIpc) is 2.82. The lowest BCUT2D eigenvalue weighted by molar-refractivity contribution is -0.133. The summed E-state index contributed by atoms with van der Waals surface area (Å²) in [5.41, 5.74) is 2.41. The molecule has 112 valence electrons. The maximum atomic E-state index is 10.8. The molecule has 6 heteroatoms. The van der Waals surface area contributed by atoms with Crippen LogP contribution in [-0.4, -0.2) is 31.6 Å². The molecule has 5 nitrogen and oxygen atoms in total. The monoisotopic (exact) mass is 305 g/mol. The number of aliphatic carboxylic acids is 1. The van der Waals surface area contributed by atoms with Crippen molar-refractivity contribution in [1.29, 1.82) is 0 Å². The summed E-state index contributed by atoms with van der Waals surface area (Å²) < 4.78 is 2.03. The first-order valence-corrected chi connectivity index (χ1v) is 7.91. The molecule has 1 aromatic heterocycles. The number of thioether (sulfide) groups is 1. The van der Waals surface area contributed by atoms with Gasteiger partial charge in [0, 0.05) is 6.42 Å². The highest BCUT2D eigenvalue weighted by Gasteiger charge is 2.14. The van der Waals surface area contributed by atoms with Gasteiger partial charge in [0.05, 0.1) is 12.3 Å². The van der Waals surface area contributed by atoms with E-state index in [9.17, 15) is 4.79 Å². The molecule has 2 rings (SSSR count). The SMILES string of the molecule is CCCc1nnc(SCC(=O)O)n1Cc1ccccc1C. The van der Waals surface area contributed by atoms with Crippen molar-refractivity contribution in [2.75, 3.05) is 5.75 Å². The van der Waals surface area contributed by atoms with Gasteiger partial charge in [-0.05, 0) is 24.5 Å². The van der Waals surface area contributed by atoms with E-state index in [1.54, 1.807) is 0 Å². The molecule has 0 bridgehead atoms. The lowest BCUT2D eigenvalue weighted by Crippen LogP contribution is -2.09. The van der Waals surface area contributed by atoms with Gasteiger partial charge in [0.1, 0.15) is 5.82 Å². The van der Waals surface area contributed by atoms with E-state index in [1.807, 2.05) is 16.7 Å². The molecule has 0 radical (unpaired) electrons. The number of aryl methyl sites for hydroxylation is 2. The van der Waals surface area contributed by atoms with Crippen molar-refractivity contribution in [2.24, 2.45) is 0 Å². The molecule has 0 aliphatic rings. The van der Waals surface area contributed by atoms with Crippen LogP contribution in [0.5, 0.6) is 0 Å². The average molecular weight is 305 g/mol. The van der Waals surface area contributed by atoms with E-state index in [-0.39, 0.29) is 5.75 Å². The Bertz CT molecular complexity index is 625. The van der Waals surface area contributed by atoms with Crippen LogP contribution in [0.25, 0.3) is 0 Å². The fraction of sp³-hybridized carbons (Fsp3) is 0.400. The molecule has 0 fully saturated rings. The Kier molecular flexibility index (Phi) is 5.38. The molecule has 0 amide bonds. The fourth-order valence-electron chi connectivity index (χ4n) is 2.08. The number of aromatic nitrogens is 3. The van der Waals surface area contributed by atoms with Crippen LogP contribution in [0.2, 0.25) is 0 Å². The second-order valence-corrected chi connectivity index (χ2v) is 5.79. The molecule has 0 aliphatic carbocycles. The fourth-order valence-corrected chi connectivity index (χ4v) is 2.75. The van der Waals surface area contributed by atoms with Crippen LogP contribution < -0.4 is 0 Å². The molecule has 0 atom stereocenters. The minimum absolute atomic E-state index is 0.00195. The van der Waals surface area contributed by atoms with Crippen molar-refractivity contribution in [3.63, 3.8) is 0 Å². The molecular formula is C15H19N3O2S. The molecule has 0 spiro atoms. The Labute approximate surface area is 128 Å². The zero-order valence-corrected chi connectivity index (χ0v) is 13.1. The normalized spacial score (nSPS) is 10.8. The highest BCUT2D eigenvalue weighted by molar-refractivity contribution is 7.99. The molecule has 0 saturated heterocycles. The molecule has 0 aliphatic heterocycles. The third kappa shape index (κ3) is 4.07. The summed E-state index contributed by atoms with van der Waals surface area (Å²) in [6.07, 6.45) is 1.82. The van der Waals surface area contributed by atoms with Crippen molar-refractivity contribution in [2.45, 2.75) is 38.4 Å². The second kappa shape index (κ2) is 7.26. The first kappa shape index (κ1) is 15.6. The molecule has 1 N–H and O–H groups in total. The first-order chi connectivity index (χ1) is 10.1. The third-order valence-corrected chi connectivity index (χ3v) is 4.13. The predicted octanol–water partition coefficient (Wildman–Crippen LogP) is 2.76. The highest BCUT2D eigenvalue weighted by atomic mass is 32.2. The number of carbonyl (C=O) groups is 1. The van der Waals surface area contributed by atoms with Crippen LogP contribution in [0.3, 0.4) is 0 Å². The second-order valence-electron chi connectivity index (χ2n) is 4.84. The lowest BCUT2D eigenvalue weighted by atomic mass is 10.1. The summed E-state index contributed by atoms with van der Waals surface area (Å²) in [5, 5.41) is 17.9. The minimum Gasteiger partial charge on any atom is -0.481 e. The van der Waals surface area contributed by atoms with Gasteiger partial charge in [0.2, 0.25) is 0 Å². The topological polar surface area (TPSA) is 68.0 Å². The number of nitrogens with zero attached hydrogens (tertiary/aromatic N) is 3. The van der Waals surface area contributed by atoms with E-state index < -0.39 is 5.97 Å². The molecular weight excluding hydrogens is 286 g/mol. The summed E-state index contributed by atoms with van der Waals surface area (Å²) in [4.78, 5) is 10.8. The molecule has 0 saturated carbocycles. The van der Waals surface area contributed by atoms with Crippen molar-refractivity contribution in [3.8, 4) is 0 Å². The smallest absolute Gasteiger partial charge is 0.313 e. The molecule has 1 aromatic carbocycles. The van der Waals surface area contributed by atoms with E-state index in [0.29, 0.717) is 11.7 Å². The number of benzene rings is 1. The maximum Gasteiger partial charge on any atom is 0.313 e. The van der Waals surface area contributed by atoms with E-state index >= 15 is 0 Å². The Balaban J connectivity index is 2.27. The van der Waals surface area contributed by atoms with Crippen molar-refractivity contribution in [3.05, 3.63) is 41.2 Å². The Morgan fingerprint density at radius 3 is 2.76 bits per heavy atom. The number of hydrogen-bond donors (Lipinski definition) is 1. The standard InChI is InChI=1S/C15H19N3O2S/c1-3-6-13-16-17-15(21-10-14(19)20)18(13)9-12-8-5-4-7-11(12)2/h4-5,7-8H,3,6,9-10H2,1-2H3,(H,19,20). The summed E-state index contributed by atoms with van der Waals surface area (Å²) >= 11 is 1.22. The van der Waals surface area contributed by atoms with Crippen LogP contribution in [0, 0.1) is 6.92 Å². The number of carboxylic acid groups (broad SMARTS) is 1. The van der Waals surface area contributed by atoms with Gasteiger partial charge in [0.25, 0.3) is 0 Å². The van der Waals surface area contributed by atoms with E-state index in [2.05, 4.69) is 36.2 Å². The third-order valence-electron chi connectivity index (χ3n) is 3.18. The van der Waals surface area contributed by atoms with Gasteiger partial charge >= 0.3 is 5.97 Å². The molecule has 1 heterocycles. The van der Waals surface area contributed by atoms with Gasteiger partial charge in [-0.25, -0.2) is 0 Å². The van der Waals surface area contributed by atoms with Gasteiger partial charge in [-0.15, -0.1) is 10.2 Å². The van der Waals surface area contributed by atoms with E-state index in [0.717, 1.165) is 18.7 Å². The van der Waals surface area contributed by atoms with Gasteiger partial charge in [-0.3, -0.25) is 4.79 Å². The zero-order valence-electron chi connectivity index (χ0n) is 12.2. The number of rotatable bonds is 7. The first-order valence-electron chi connectivity index (χ1n) is 6.93. The zero-order chi connectivity index (χ0) is 15.2. The van der Waals surface area contributed by atoms with Crippen LogP contribution in [-0.2, 0) is 17.8 Å². The summed E-state index contributed by atoms with van der Waals surface area (Å²) in [6.45, 7) is 4.84. The summed E-state index contributed by atoms with van der Waals surface area (Å²) in [7, 11) is 0. The largest absolute Gasteiger partial charge is 0.481 e. The van der Waals surface area contributed by atoms with Gasteiger partial charge in [-0.1, -0.05) is 43.0 Å². The number of carboxylic acids is 1. The molecule has 0 unspecified atom stereocenters. The van der Waals surface area contributed by atoms with Crippen LogP contribution in [0.15, 0.2) is 29.4 Å². The van der Waals surface area contributed by atoms with Crippen LogP contribution in [0.1, 0.15) is 30.3 Å². The molecule has 21 heavy (non-hydrogen) atoms. The van der Waals surface area contributed by atoms with Crippen molar-refractivity contribution < 1.29 is 9.90 Å². The number of hydrogen-bond acceptors (Lipinski definition) is 4. The van der Waals surface area contributed by atoms with Gasteiger partial charge in [0.15, 0.2) is 5.16 Å². The van der Waals surface area contributed by atoms with Gasteiger partial charge < -0.3 is 9.67 Å². The molecule has 2 aromatic rings. The highest BCUT2D eigenvalue weighted by Crippen LogP contribution is 2.20. The van der Waals surface area contributed by atoms with E-state index in [4.69, 9.17) is 5.11 Å². The Morgan fingerprint density at radius 2 is 2.10 bits per heavy atom. The van der Waals surface area contributed by atoms with Crippen LogP contribution >= 0.6 is 11.8 Å². The Morgan fingerprint density at radius 1 is 1.33 bits per heavy atom. The van der Waals surface area contributed by atoms with Gasteiger partial charge in [-0.2, -0.15) is 0 Å². The van der Waals surface area contributed by atoms with Crippen molar-refractivity contribution in [1.82, 2.24) is 14.8 Å². The van der Waals surface area contributed by atoms with Crippen molar-refractivity contribution >= 4 is 17.7 Å². The maximum absolute atomic E-state index is 10.8. The summed E-state index contributed by atoms with van der Waals surface area (Å²) in [6, 6.07) is 8.17.